The minimum atomic E-state index is -1.13. The average molecular weight is 661 g/mol. The number of carbonyl (C=O) groups is 2. The van der Waals surface area contributed by atoms with Gasteiger partial charge in [-0.05, 0) is 60.4 Å². The van der Waals surface area contributed by atoms with Crippen molar-refractivity contribution in [3.8, 4) is 51.7 Å². The number of aromatic hydroxyl groups is 7. The molecule has 48 heavy (non-hydrogen) atoms. The summed E-state index contributed by atoms with van der Waals surface area (Å²) >= 11 is 0. The monoisotopic (exact) mass is 660 g/mol. The van der Waals surface area contributed by atoms with E-state index in [0.717, 1.165) is 0 Å². The summed E-state index contributed by atoms with van der Waals surface area (Å²) in [5.41, 5.74) is 1.89. The second kappa shape index (κ2) is 12.8. The normalized spacial score (nSPS) is 18.9. The number of aliphatic hydroxyl groups excluding tert-OH is 1. The minimum absolute atomic E-state index is 0.0101. The van der Waals surface area contributed by atoms with E-state index in [-0.39, 0.29) is 59.3 Å². The number of hydrogen-bond donors (Lipinski definition) is 8. The third-order valence-corrected chi connectivity index (χ3v) is 8.51. The Bertz CT molecular complexity index is 1900. The van der Waals surface area contributed by atoms with Gasteiger partial charge in [0.2, 0.25) is 0 Å². The molecule has 8 N–H and O–H groups in total. The van der Waals surface area contributed by atoms with Crippen LogP contribution >= 0.6 is 0 Å². The van der Waals surface area contributed by atoms with Gasteiger partial charge in [-0.3, -0.25) is 9.59 Å². The van der Waals surface area contributed by atoms with Crippen molar-refractivity contribution in [2.75, 3.05) is 0 Å². The second-order valence-corrected chi connectivity index (χ2v) is 11.8. The molecule has 13 nitrogen and oxygen atoms in total. The highest BCUT2D eigenvalue weighted by atomic mass is 16.6. The van der Waals surface area contributed by atoms with Gasteiger partial charge in [-0.1, -0.05) is 18.2 Å². The molecular weight excluding hydrogens is 628 g/mol. The van der Waals surface area contributed by atoms with Gasteiger partial charge in [-0.25, -0.2) is 0 Å². The van der Waals surface area contributed by atoms with Crippen LogP contribution in [0.1, 0.15) is 59.1 Å². The molecule has 0 amide bonds. The summed E-state index contributed by atoms with van der Waals surface area (Å²) in [4.78, 5) is 26.0. The molecule has 0 spiro atoms. The predicted molar refractivity (Wildman–Crippen MR) is 165 cm³/mol. The number of ether oxygens (including phenoxy) is 3. The van der Waals surface area contributed by atoms with Gasteiger partial charge in [0.05, 0.1) is 18.9 Å². The van der Waals surface area contributed by atoms with Crippen molar-refractivity contribution in [3.63, 3.8) is 0 Å². The van der Waals surface area contributed by atoms with Gasteiger partial charge in [-0.15, -0.1) is 0 Å². The number of aryl methyl sites for hydroxylation is 1. The lowest BCUT2D eigenvalue weighted by Crippen LogP contribution is -2.36. The Hall–Kier alpha value is -5.82. The molecule has 4 aromatic carbocycles. The zero-order chi connectivity index (χ0) is 34.3. The van der Waals surface area contributed by atoms with Crippen LogP contribution in [0.3, 0.4) is 0 Å². The standard InChI is InChI=1S/C35H32O13/c36-19(5-1-16-2-6-22(37)25(40)9-16)12-31(44)46-30-13-21-29(47-34(30)18-4-8-24(39)27(42)11-18)15-28(43)33-20(14-32(45)48-35(21)33)17-3-7-23(38)26(41)10-17/h2-4,6-11,15,19-20,30,34,36-43H,1,5,12-14H2/t19-,20+,30+,34-/m1/s1. The van der Waals surface area contributed by atoms with Crippen LogP contribution in [0.15, 0.2) is 60.7 Å². The zero-order valence-corrected chi connectivity index (χ0v) is 25.2. The Morgan fingerprint density at radius 1 is 0.771 bits per heavy atom. The first-order valence-corrected chi connectivity index (χ1v) is 15.1. The number of fused-ring (bicyclic) bond motifs is 3. The second-order valence-electron chi connectivity index (χ2n) is 11.8. The lowest BCUT2D eigenvalue weighted by atomic mass is 9.82. The van der Waals surface area contributed by atoms with Gasteiger partial charge >= 0.3 is 11.9 Å². The fraction of sp³-hybridized carbons (Fsp3) is 0.257. The van der Waals surface area contributed by atoms with Crippen LogP contribution in [-0.4, -0.2) is 65.0 Å². The Morgan fingerprint density at radius 3 is 2.06 bits per heavy atom. The molecule has 0 radical (unpaired) electrons. The van der Waals surface area contributed by atoms with E-state index in [1.54, 1.807) is 6.07 Å². The molecule has 0 aromatic heterocycles. The molecule has 0 aliphatic carbocycles. The van der Waals surface area contributed by atoms with Gasteiger partial charge in [0.15, 0.2) is 40.6 Å². The van der Waals surface area contributed by atoms with Crippen LogP contribution in [0.4, 0.5) is 0 Å². The van der Waals surface area contributed by atoms with Crippen molar-refractivity contribution in [2.24, 2.45) is 0 Å². The van der Waals surface area contributed by atoms with Gasteiger partial charge < -0.3 is 55.1 Å². The van der Waals surface area contributed by atoms with Crippen molar-refractivity contribution in [2.45, 2.75) is 56.3 Å². The third-order valence-electron chi connectivity index (χ3n) is 8.51. The molecule has 250 valence electrons. The molecule has 0 fully saturated rings. The van der Waals surface area contributed by atoms with Crippen LogP contribution in [0.25, 0.3) is 0 Å². The molecule has 0 saturated heterocycles. The molecule has 6 rings (SSSR count). The summed E-state index contributed by atoms with van der Waals surface area (Å²) in [6.07, 6.45) is -3.54. The van der Waals surface area contributed by atoms with E-state index in [4.69, 9.17) is 14.2 Å². The number of aliphatic hydroxyl groups is 1. The number of rotatable bonds is 8. The summed E-state index contributed by atoms with van der Waals surface area (Å²) < 4.78 is 17.7. The van der Waals surface area contributed by atoms with Crippen LogP contribution in [0.2, 0.25) is 0 Å². The third kappa shape index (κ3) is 6.40. The first-order chi connectivity index (χ1) is 22.9. The maximum atomic E-state index is 13.2. The zero-order valence-electron chi connectivity index (χ0n) is 25.2. The molecule has 0 unspecified atom stereocenters. The van der Waals surface area contributed by atoms with Gasteiger partial charge in [0.1, 0.15) is 23.4 Å². The molecular formula is C35H32O13. The van der Waals surface area contributed by atoms with Crippen molar-refractivity contribution >= 4 is 11.9 Å². The van der Waals surface area contributed by atoms with Crippen molar-refractivity contribution in [1.82, 2.24) is 0 Å². The van der Waals surface area contributed by atoms with Crippen molar-refractivity contribution in [3.05, 3.63) is 88.5 Å². The summed E-state index contributed by atoms with van der Waals surface area (Å²) in [5, 5.41) is 81.0. The number of esters is 2. The molecule has 4 aromatic rings. The number of hydrogen-bond acceptors (Lipinski definition) is 13. The Labute approximate surface area is 273 Å². The summed E-state index contributed by atoms with van der Waals surface area (Å²) in [6.45, 7) is 0. The first-order valence-electron chi connectivity index (χ1n) is 15.1. The molecule has 2 aliphatic rings. The fourth-order valence-corrected chi connectivity index (χ4v) is 6.09. The Kier molecular flexibility index (Phi) is 8.54. The lowest BCUT2D eigenvalue weighted by molar-refractivity contribution is -0.157. The van der Waals surface area contributed by atoms with Gasteiger partial charge in [0.25, 0.3) is 0 Å². The molecule has 2 heterocycles. The van der Waals surface area contributed by atoms with Crippen LogP contribution in [0.5, 0.6) is 51.7 Å². The quantitative estimate of drug-likeness (QED) is 0.0760. The fourth-order valence-electron chi connectivity index (χ4n) is 6.09. The summed E-state index contributed by atoms with van der Waals surface area (Å²) in [7, 11) is 0. The molecule has 4 atom stereocenters. The van der Waals surface area contributed by atoms with E-state index in [1.165, 1.54) is 54.6 Å². The molecule has 0 bridgehead atoms. The van der Waals surface area contributed by atoms with E-state index >= 15 is 0 Å². The minimum Gasteiger partial charge on any atom is -0.507 e. The van der Waals surface area contributed by atoms with Crippen molar-refractivity contribution < 1.29 is 64.7 Å². The maximum absolute atomic E-state index is 13.2. The molecule has 2 aliphatic heterocycles. The van der Waals surface area contributed by atoms with Gasteiger partial charge in [-0.2, -0.15) is 0 Å². The largest absolute Gasteiger partial charge is 0.507 e. The van der Waals surface area contributed by atoms with E-state index < -0.39 is 59.8 Å². The van der Waals surface area contributed by atoms with Crippen LogP contribution in [0, 0.1) is 0 Å². The smallest absolute Gasteiger partial charge is 0.312 e. The highest BCUT2D eigenvalue weighted by Crippen LogP contribution is 2.52. The lowest BCUT2D eigenvalue weighted by Gasteiger charge is -2.36. The summed E-state index contributed by atoms with van der Waals surface area (Å²) in [5.74, 6) is -4.58. The number of phenols is 7. The molecule has 0 saturated carbocycles. The SMILES string of the molecule is O=C1C[C@@H](c2ccc(O)c(O)c2)c2c(O)cc3c(c2O1)C[C@H](OC(=O)C[C@H](O)CCc1ccc(O)c(O)c1)[C@@H](c1ccc(O)c(O)c1)O3. The molecule has 13 heteroatoms. The number of carbonyl (C=O) groups excluding carboxylic acids is 2. The van der Waals surface area contributed by atoms with Crippen LogP contribution in [-0.2, 0) is 27.2 Å². The Balaban J connectivity index is 1.29. The topological polar surface area (TPSA) is 224 Å². The van der Waals surface area contributed by atoms with Gasteiger partial charge in [0, 0.05) is 35.1 Å². The highest BCUT2D eigenvalue weighted by molar-refractivity contribution is 5.81. The average Bonchev–Trinajstić information content (AvgIpc) is 3.04. The van der Waals surface area contributed by atoms with E-state index in [2.05, 4.69) is 0 Å². The van der Waals surface area contributed by atoms with Crippen LogP contribution < -0.4 is 9.47 Å². The van der Waals surface area contributed by atoms with E-state index in [9.17, 15) is 50.4 Å². The maximum Gasteiger partial charge on any atom is 0.312 e. The number of benzene rings is 4. The Morgan fingerprint density at radius 2 is 1.40 bits per heavy atom. The number of phenolic OH excluding ortho intramolecular Hbond substituents is 7. The predicted octanol–water partition coefficient (Wildman–Crippen LogP) is 4.04. The first kappa shape index (κ1) is 32.1. The summed E-state index contributed by atoms with van der Waals surface area (Å²) in [6, 6.07) is 13.6. The highest BCUT2D eigenvalue weighted by Gasteiger charge is 2.41. The van der Waals surface area contributed by atoms with Crippen molar-refractivity contribution in [1.29, 1.82) is 0 Å². The van der Waals surface area contributed by atoms with E-state index in [0.29, 0.717) is 28.7 Å². The van der Waals surface area contributed by atoms with E-state index in [1.807, 2.05) is 0 Å².